The fourth-order valence-corrected chi connectivity index (χ4v) is 4.71. The molecule has 0 spiro atoms. The summed E-state index contributed by atoms with van der Waals surface area (Å²) in [4.78, 5) is 5.10. The van der Waals surface area contributed by atoms with Crippen LogP contribution in [-0.4, -0.2) is 24.8 Å². The van der Waals surface area contributed by atoms with Gasteiger partial charge in [0.1, 0.15) is 10.7 Å². The van der Waals surface area contributed by atoms with Crippen LogP contribution in [0.4, 0.5) is 0 Å². The van der Waals surface area contributed by atoms with E-state index in [1.807, 2.05) is 6.92 Å². The molecule has 2 heterocycles. The largest absolute Gasteiger partial charge is 0.452 e. The van der Waals surface area contributed by atoms with Crippen molar-refractivity contribution in [3.8, 4) is 0 Å². The Morgan fingerprint density at radius 1 is 1.55 bits per heavy atom. The van der Waals surface area contributed by atoms with Gasteiger partial charge < -0.3 is 4.42 Å². The molecule has 0 saturated heterocycles. The van der Waals surface area contributed by atoms with Crippen LogP contribution < -0.4 is 0 Å². The molecule has 2 aromatic rings. The Morgan fingerprint density at radius 3 is 2.75 bits per heavy atom. The molecule has 0 fully saturated rings. The van der Waals surface area contributed by atoms with Crippen LogP contribution in [0.15, 0.2) is 25.6 Å². The third-order valence-corrected chi connectivity index (χ3v) is 6.58. The van der Waals surface area contributed by atoms with Crippen molar-refractivity contribution in [1.29, 1.82) is 0 Å². The smallest absolute Gasteiger partial charge is 0.247 e. The first-order chi connectivity index (χ1) is 9.36. The Hall–Kier alpha value is -0.410. The third kappa shape index (κ3) is 3.09. The number of aromatic nitrogens is 1. The molecule has 0 aliphatic heterocycles. The summed E-state index contributed by atoms with van der Waals surface area (Å²) in [7, 11) is -2.12. The van der Waals surface area contributed by atoms with Crippen LogP contribution in [0.5, 0.6) is 0 Å². The van der Waals surface area contributed by atoms with Crippen molar-refractivity contribution in [3.63, 3.8) is 0 Å². The summed E-state index contributed by atoms with van der Waals surface area (Å²) in [6, 6.07) is 1.43. The molecule has 0 aromatic carbocycles. The number of rotatable bonds is 5. The fraction of sp³-hybridized carbons (Fsp3) is 0.364. The summed E-state index contributed by atoms with van der Waals surface area (Å²) in [5.74, 6) is 0.519. The van der Waals surface area contributed by atoms with Crippen molar-refractivity contribution in [2.24, 2.45) is 0 Å². The number of alkyl halides is 1. The summed E-state index contributed by atoms with van der Waals surface area (Å²) in [5, 5.41) is 0. The molecule has 2 rings (SSSR count). The highest BCUT2D eigenvalue weighted by Crippen LogP contribution is 2.30. The molecule has 0 radical (unpaired) electrons. The Bertz CT molecular complexity index is 711. The highest BCUT2D eigenvalue weighted by Gasteiger charge is 2.27. The number of aryl methyl sites for hydroxylation is 1. The number of thiazole rings is 1. The number of halogens is 2. The Morgan fingerprint density at radius 2 is 2.25 bits per heavy atom. The molecule has 2 aromatic heterocycles. The minimum Gasteiger partial charge on any atom is -0.452 e. The molecule has 0 aliphatic rings. The molecule has 0 unspecified atom stereocenters. The van der Waals surface area contributed by atoms with Crippen molar-refractivity contribution in [2.75, 3.05) is 7.05 Å². The van der Waals surface area contributed by atoms with Crippen molar-refractivity contribution < 1.29 is 12.8 Å². The molecular formula is C11H12BrClN2O3S2. The van der Waals surface area contributed by atoms with Gasteiger partial charge in [0.2, 0.25) is 10.0 Å². The van der Waals surface area contributed by atoms with E-state index in [2.05, 4.69) is 20.9 Å². The molecular weight excluding hydrogens is 388 g/mol. The van der Waals surface area contributed by atoms with E-state index in [0.29, 0.717) is 5.76 Å². The first-order valence-electron chi connectivity index (χ1n) is 5.55. The van der Waals surface area contributed by atoms with Crippen molar-refractivity contribution in [2.45, 2.75) is 24.2 Å². The van der Waals surface area contributed by atoms with E-state index in [1.165, 1.54) is 28.8 Å². The minimum absolute atomic E-state index is 0.0813. The van der Waals surface area contributed by atoms with E-state index in [-0.39, 0.29) is 22.0 Å². The van der Waals surface area contributed by atoms with Gasteiger partial charge in [0.25, 0.3) is 0 Å². The molecule has 5 nitrogen and oxygen atoms in total. The molecule has 20 heavy (non-hydrogen) atoms. The summed E-state index contributed by atoms with van der Waals surface area (Å²) in [6.07, 6.45) is 0. The highest BCUT2D eigenvalue weighted by molar-refractivity contribution is 9.10. The molecule has 110 valence electrons. The summed E-state index contributed by atoms with van der Waals surface area (Å²) < 4.78 is 31.7. The van der Waals surface area contributed by atoms with Gasteiger partial charge in [-0.2, -0.15) is 4.31 Å². The highest BCUT2D eigenvalue weighted by atomic mass is 79.9. The first kappa shape index (κ1) is 16.0. The monoisotopic (exact) mass is 398 g/mol. The maximum absolute atomic E-state index is 12.5. The van der Waals surface area contributed by atoms with Crippen LogP contribution in [0.3, 0.4) is 0 Å². The molecule has 0 aliphatic carbocycles. The van der Waals surface area contributed by atoms with Crippen molar-refractivity contribution >= 4 is 48.9 Å². The topological polar surface area (TPSA) is 63.4 Å². The standard InChI is InChI=1S/C11H12BrClN2O3S2/c1-7-9(19-6-14-7)5-15(2)20(16,17)10-3-8(4-13)18-11(10)12/h3,6H,4-5H2,1-2H3. The van der Waals surface area contributed by atoms with E-state index >= 15 is 0 Å². The quantitative estimate of drug-likeness (QED) is 0.723. The maximum atomic E-state index is 12.5. The van der Waals surface area contributed by atoms with Gasteiger partial charge in [-0.05, 0) is 22.9 Å². The van der Waals surface area contributed by atoms with Crippen LogP contribution in [0.2, 0.25) is 0 Å². The number of hydrogen-bond donors (Lipinski definition) is 0. The number of hydrogen-bond acceptors (Lipinski definition) is 5. The van der Waals surface area contributed by atoms with Gasteiger partial charge >= 0.3 is 0 Å². The molecule has 9 heteroatoms. The van der Waals surface area contributed by atoms with Crippen LogP contribution in [0.25, 0.3) is 0 Å². The van der Waals surface area contributed by atoms with Crippen LogP contribution in [-0.2, 0) is 22.4 Å². The zero-order valence-corrected chi connectivity index (χ0v) is 14.7. The predicted molar refractivity (Wildman–Crippen MR) is 81.5 cm³/mol. The molecule has 0 bridgehead atoms. The average molecular weight is 400 g/mol. The summed E-state index contributed by atoms with van der Waals surface area (Å²) in [5.41, 5.74) is 2.54. The fourth-order valence-electron chi connectivity index (χ4n) is 1.57. The minimum atomic E-state index is -3.64. The zero-order chi connectivity index (χ0) is 14.9. The molecule has 0 amide bonds. The lowest BCUT2D eigenvalue weighted by molar-refractivity contribution is 0.461. The Balaban J connectivity index is 2.29. The second-order valence-electron chi connectivity index (χ2n) is 4.11. The van der Waals surface area contributed by atoms with E-state index in [4.69, 9.17) is 16.0 Å². The van der Waals surface area contributed by atoms with Crippen molar-refractivity contribution in [1.82, 2.24) is 9.29 Å². The SMILES string of the molecule is Cc1ncsc1CN(C)S(=O)(=O)c1cc(CCl)oc1Br. The van der Waals surface area contributed by atoms with Crippen LogP contribution in [0.1, 0.15) is 16.3 Å². The Labute approximate surface area is 134 Å². The lowest BCUT2D eigenvalue weighted by Gasteiger charge is -2.15. The third-order valence-electron chi connectivity index (χ3n) is 2.74. The lowest BCUT2D eigenvalue weighted by atomic mass is 10.4. The van der Waals surface area contributed by atoms with Crippen LogP contribution >= 0.6 is 38.9 Å². The number of nitrogens with zero attached hydrogens (tertiary/aromatic N) is 2. The second-order valence-corrected chi connectivity index (χ2v) is 8.05. The Kier molecular flexibility index (Phi) is 4.91. The lowest BCUT2D eigenvalue weighted by Crippen LogP contribution is -2.26. The summed E-state index contributed by atoms with van der Waals surface area (Å²) >= 11 is 10.2. The maximum Gasteiger partial charge on any atom is 0.247 e. The average Bonchev–Trinajstić information content (AvgIpc) is 2.96. The predicted octanol–water partition coefficient (Wildman–Crippen LogP) is 3.37. The zero-order valence-electron chi connectivity index (χ0n) is 10.8. The van der Waals surface area contributed by atoms with Gasteiger partial charge in [0, 0.05) is 24.5 Å². The molecule has 0 saturated carbocycles. The normalized spacial score (nSPS) is 12.2. The number of furan rings is 1. The molecule has 0 atom stereocenters. The second kappa shape index (κ2) is 6.15. The van der Waals surface area contributed by atoms with E-state index in [9.17, 15) is 8.42 Å². The van der Waals surface area contributed by atoms with E-state index in [0.717, 1.165) is 10.6 Å². The van der Waals surface area contributed by atoms with Crippen molar-refractivity contribution in [3.05, 3.63) is 32.6 Å². The van der Waals surface area contributed by atoms with Gasteiger partial charge in [-0.15, -0.1) is 22.9 Å². The van der Waals surface area contributed by atoms with Gasteiger partial charge in [-0.3, -0.25) is 0 Å². The van der Waals surface area contributed by atoms with Gasteiger partial charge in [-0.1, -0.05) is 0 Å². The number of sulfonamides is 1. The first-order valence-corrected chi connectivity index (χ1v) is 9.20. The van der Waals surface area contributed by atoms with Gasteiger partial charge in [0.15, 0.2) is 4.67 Å². The van der Waals surface area contributed by atoms with Crippen LogP contribution in [0, 0.1) is 6.92 Å². The van der Waals surface area contributed by atoms with E-state index in [1.54, 1.807) is 5.51 Å². The molecule has 0 N–H and O–H groups in total. The van der Waals surface area contributed by atoms with Gasteiger partial charge in [0.05, 0.1) is 17.1 Å². The summed E-state index contributed by atoms with van der Waals surface area (Å²) in [6.45, 7) is 2.12. The van der Waals surface area contributed by atoms with E-state index < -0.39 is 10.0 Å². The van der Waals surface area contributed by atoms with Gasteiger partial charge in [-0.25, -0.2) is 13.4 Å².